The van der Waals surface area contributed by atoms with Crippen LogP contribution in [0.15, 0.2) is 41.3 Å². The molecule has 21 heavy (non-hydrogen) atoms. The number of hydrogen-bond acceptors (Lipinski definition) is 4. The molecule has 3 N–H and O–H groups in total. The lowest BCUT2D eigenvalue weighted by atomic mass is 10.3. The molecule has 5 nitrogen and oxygen atoms in total. The van der Waals surface area contributed by atoms with Gasteiger partial charge in [0.1, 0.15) is 0 Å². The Morgan fingerprint density at radius 1 is 1.29 bits per heavy atom. The van der Waals surface area contributed by atoms with Crippen LogP contribution >= 0.6 is 11.6 Å². The molecule has 0 aliphatic carbocycles. The molecule has 2 rings (SSSR count). The molecule has 0 radical (unpaired) electrons. The van der Waals surface area contributed by atoms with E-state index in [9.17, 15) is 12.8 Å². The number of sulfonamides is 1. The SMILES string of the molecule is COc1c(N)cc(S(=O)(=O)Nc2cccc(Cl)c2)cc1F. The van der Waals surface area contributed by atoms with E-state index in [1.807, 2.05) is 0 Å². The summed E-state index contributed by atoms with van der Waals surface area (Å²) in [5.74, 6) is -1.05. The van der Waals surface area contributed by atoms with E-state index in [1.165, 1.54) is 19.2 Å². The maximum absolute atomic E-state index is 13.7. The Morgan fingerprint density at radius 2 is 2.00 bits per heavy atom. The van der Waals surface area contributed by atoms with Gasteiger partial charge in [0, 0.05) is 5.02 Å². The summed E-state index contributed by atoms with van der Waals surface area (Å²) in [6, 6.07) is 8.10. The van der Waals surface area contributed by atoms with E-state index in [0.29, 0.717) is 5.02 Å². The fourth-order valence-corrected chi connectivity index (χ4v) is 3.01. The minimum absolute atomic E-state index is 0.107. The maximum Gasteiger partial charge on any atom is 0.262 e. The van der Waals surface area contributed by atoms with Crippen LogP contribution in [0.2, 0.25) is 5.02 Å². The van der Waals surface area contributed by atoms with Crippen LogP contribution in [0, 0.1) is 5.82 Å². The summed E-state index contributed by atoms with van der Waals surface area (Å²) in [4.78, 5) is -0.307. The third-order valence-corrected chi connectivity index (χ3v) is 4.23. The highest BCUT2D eigenvalue weighted by Crippen LogP contribution is 2.29. The van der Waals surface area contributed by atoms with Crippen molar-refractivity contribution in [1.29, 1.82) is 0 Å². The zero-order valence-corrected chi connectivity index (χ0v) is 12.5. The Hall–Kier alpha value is -1.99. The third kappa shape index (κ3) is 3.37. The van der Waals surface area contributed by atoms with Gasteiger partial charge in [0.2, 0.25) is 0 Å². The van der Waals surface area contributed by atoms with Gasteiger partial charge in [-0.3, -0.25) is 4.72 Å². The molecule has 0 aromatic heterocycles. The van der Waals surface area contributed by atoms with Crippen molar-refractivity contribution in [2.45, 2.75) is 4.90 Å². The van der Waals surface area contributed by atoms with Crippen molar-refractivity contribution in [2.75, 3.05) is 17.6 Å². The van der Waals surface area contributed by atoms with Gasteiger partial charge >= 0.3 is 0 Å². The lowest BCUT2D eigenvalue weighted by Gasteiger charge is -2.11. The first-order valence-electron chi connectivity index (χ1n) is 5.75. The average Bonchev–Trinajstić information content (AvgIpc) is 2.37. The Bertz CT molecular complexity index is 758. The lowest BCUT2D eigenvalue weighted by molar-refractivity contribution is 0.388. The number of hydrogen-bond donors (Lipinski definition) is 2. The number of halogens is 2. The first kappa shape index (κ1) is 15.4. The van der Waals surface area contributed by atoms with Crippen molar-refractivity contribution in [3.63, 3.8) is 0 Å². The van der Waals surface area contributed by atoms with Crippen molar-refractivity contribution in [1.82, 2.24) is 0 Å². The third-order valence-electron chi connectivity index (χ3n) is 2.64. The molecule has 112 valence electrons. The van der Waals surface area contributed by atoms with E-state index in [1.54, 1.807) is 12.1 Å². The summed E-state index contributed by atoms with van der Waals surface area (Å²) in [5.41, 5.74) is 5.72. The normalized spacial score (nSPS) is 11.2. The van der Waals surface area contributed by atoms with Crippen molar-refractivity contribution in [3.05, 3.63) is 47.2 Å². The molecule has 0 amide bonds. The standard InChI is InChI=1S/C13H12ClFN2O3S/c1-20-13-11(15)6-10(7-12(13)16)21(18,19)17-9-4-2-3-8(14)5-9/h2-7,17H,16H2,1H3. The molecule has 2 aromatic rings. The molecule has 8 heteroatoms. The van der Waals surface area contributed by atoms with E-state index in [2.05, 4.69) is 4.72 Å². The summed E-state index contributed by atoms with van der Waals surface area (Å²) in [6.45, 7) is 0. The van der Waals surface area contributed by atoms with Gasteiger partial charge in [-0.1, -0.05) is 17.7 Å². The number of rotatable bonds is 4. The predicted molar refractivity (Wildman–Crippen MR) is 79.6 cm³/mol. The molecule has 0 heterocycles. The van der Waals surface area contributed by atoms with Crippen LogP contribution in [0.1, 0.15) is 0 Å². The van der Waals surface area contributed by atoms with E-state index in [4.69, 9.17) is 22.1 Å². The van der Waals surface area contributed by atoms with Crippen LogP contribution in [0.3, 0.4) is 0 Å². The fraction of sp³-hybridized carbons (Fsp3) is 0.0769. The maximum atomic E-state index is 13.7. The first-order chi connectivity index (χ1) is 9.83. The number of nitrogens with one attached hydrogen (secondary N) is 1. The zero-order valence-electron chi connectivity index (χ0n) is 10.9. The summed E-state index contributed by atoms with van der Waals surface area (Å²) < 4.78 is 45.2. The Kier molecular flexibility index (Phi) is 4.24. The molecule has 2 aromatic carbocycles. The molecule has 0 saturated heterocycles. The average molecular weight is 331 g/mol. The molecule has 0 atom stereocenters. The summed E-state index contributed by atoms with van der Waals surface area (Å²) >= 11 is 5.78. The minimum Gasteiger partial charge on any atom is -0.492 e. The summed E-state index contributed by atoms with van der Waals surface area (Å²) in [6.07, 6.45) is 0. The van der Waals surface area contributed by atoms with E-state index < -0.39 is 15.8 Å². The highest BCUT2D eigenvalue weighted by atomic mass is 35.5. The van der Waals surface area contributed by atoms with Crippen LogP contribution in [0.25, 0.3) is 0 Å². The molecular weight excluding hydrogens is 319 g/mol. The second-order valence-electron chi connectivity index (χ2n) is 4.14. The molecule has 0 fully saturated rings. The van der Waals surface area contributed by atoms with Gasteiger partial charge in [-0.2, -0.15) is 0 Å². The van der Waals surface area contributed by atoms with Gasteiger partial charge in [0.25, 0.3) is 10.0 Å². The first-order valence-corrected chi connectivity index (χ1v) is 7.61. The largest absolute Gasteiger partial charge is 0.492 e. The van der Waals surface area contributed by atoms with Crippen LogP contribution in [-0.2, 0) is 10.0 Å². The molecule has 0 aliphatic rings. The van der Waals surface area contributed by atoms with Crippen LogP contribution < -0.4 is 15.2 Å². The van der Waals surface area contributed by atoms with Crippen LogP contribution in [0.4, 0.5) is 15.8 Å². The van der Waals surface area contributed by atoms with Crippen molar-refractivity contribution in [2.24, 2.45) is 0 Å². The monoisotopic (exact) mass is 330 g/mol. The number of ether oxygens (including phenoxy) is 1. The summed E-state index contributed by atoms with van der Waals surface area (Å²) in [5, 5.41) is 0.371. The molecule has 0 saturated carbocycles. The number of nitrogen functional groups attached to an aromatic ring is 1. The Balaban J connectivity index is 2.40. The fourth-order valence-electron chi connectivity index (χ4n) is 1.73. The van der Waals surface area contributed by atoms with Crippen LogP contribution in [0.5, 0.6) is 5.75 Å². The Labute approximate surface area is 126 Å². The number of nitrogens with two attached hydrogens (primary N) is 1. The topological polar surface area (TPSA) is 81.4 Å². The molecule has 0 aliphatic heterocycles. The molecule has 0 unspecified atom stereocenters. The zero-order chi connectivity index (χ0) is 15.6. The van der Waals surface area contributed by atoms with Gasteiger partial charge in [0.15, 0.2) is 11.6 Å². The second-order valence-corrected chi connectivity index (χ2v) is 6.26. The molecular formula is C13H12ClFN2O3S. The van der Waals surface area contributed by atoms with Gasteiger partial charge in [0.05, 0.1) is 23.4 Å². The molecule has 0 bridgehead atoms. The van der Waals surface area contributed by atoms with Crippen molar-refractivity contribution < 1.29 is 17.5 Å². The van der Waals surface area contributed by atoms with Crippen molar-refractivity contribution >= 4 is 33.0 Å². The second kappa shape index (κ2) is 5.79. The number of anilines is 2. The van der Waals surface area contributed by atoms with Gasteiger partial charge < -0.3 is 10.5 Å². The minimum atomic E-state index is -3.98. The number of methoxy groups -OCH3 is 1. The number of benzene rings is 2. The quantitative estimate of drug-likeness (QED) is 0.845. The molecule has 0 spiro atoms. The Morgan fingerprint density at radius 3 is 2.57 bits per heavy atom. The van der Waals surface area contributed by atoms with E-state index in [0.717, 1.165) is 12.1 Å². The van der Waals surface area contributed by atoms with Crippen LogP contribution in [-0.4, -0.2) is 15.5 Å². The van der Waals surface area contributed by atoms with E-state index in [-0.39, 0.29) is 22.0 Å². The highest BCUT2D eigenvalue weighted by molar-refractivity contribution is 7.92. The van der Waals surface area contributed by atoms with Gasteiger partial charge in [-0.15, -0.1) is 0 Å². The van der Waals surface area contributed by atoms with Gasteiger partial charge in [-0.05, 0) is 30.3 Å². The smallest absolute Gasteiger partial charge is 0.262 e. The lowest BCUT2D eigenvalue weighted by Crippen LogP contribution is -2.14. The van der Waals surface area contributed by atoms with Gasteiger partial charge in [-0.25, -0.2) is 12.8 Å². The highest BCUT2D eigenvalue weighted by Gasteiger charge is 2.19. The van der Waals surface area contributed by atoms with Crippen molar-refractivity contribution in [3.8, 4) is 5.75 Å². The summed E-state index contributed by atoms with van der Waals surface area (Å²) in [7, 11) is -2.74. The van der Waals surface area contributed by atoms with E-state index >= 15 is 0 Å². The predicted octanol–water partition coefficient (Wildman–Crippen LogP) is 2.87.